The van der Waals surface area contributed by atoms with Gasteiger partial charge in [-0.2, -0.15) is 4.98 Å². The quantitative estimate of drug-likeness (QED) is 0.471. The van der Waals surface area contributed by atoms with Crippen molar-refractivity contribution in [2.75, 3.05) is 6.61 Å². The smallest absolute Gasteiger partial charge is 0.233 e. The Morgan fingerprint density at radius 2 is 1.74 bits per heavy atom. The van der Waals surface area contributed by atoms with Crippen molar-refractivity contribution >= 4 is 11.3 Å². The van der Waals surface area contributed by atoms with Gasteiger partial charge in [0, 0.05) is 16.5 Å². The van der Waals surface area contributed by atoms with E-state index in [1.54, 1.807) is 12.1 Å². The summed E-state index contributed by atoms with van der Waals surface area (Å²) in [5.74, 6) is 1.57. The van der Waals surface area contributed by atoms with Crippen molar-refractivity contribution in [1.82, 2.24) is 15.1 Å². The number of rotatable bonds is 6. The topological polar surface area (TPSA) is 61.0 Å². The third kappa shape index (κ3) is 4.03. The molecule has 2 heterocycles. The maximum absolute atomic E-state index is 13.0. The molecule has 4 aromatic rings. The minimum atomic E-state index is -0.262. The van der Waals surface area contributed by atoms with Gasteiger partial charge < -0.3 is 9.26 Å². The summed E-state index contributed by atoms with van der Waals surface area (Å²) < 4.78 is 23.8. The van der Waals surface area contributed by atoms with Gasteiger partial charge in [0.25, 0.3) is 0 Å². The van der Waals surface area contributed by atoms with Gasteiger partial charge in [0.05, 0.1) is 18.7 Å². The molecule has 7 heteroatoms. The first-order valence-electron chi connectivity index (χ1n) is 8.47. The lowest BCUT2D eigenvalue weighted by molar-refractivity contribution is 0.340. The largest absolute Gasteiger partial charge is 0.494 e. The molecule has 0 bridgehead atoms. The zero-order valence-electron chi connectivity index (χ0n) is 14.6. The molecule has 0 unspecified atom stereocenters. The number of halogens is 1. The molecule has 0 spiro atoms. The van der Waals surface area contributed by atoms with E-state index in [9.17, 15) is 4.39 Å². The number of thiazole rings is 1. The number of hydrogen-bond acceptors (Lipinski definition) is 6. The molecule has 0 N–H and O–H groups in total. The third-order valence-electron chi connectivity index (χ3n) is 3.89. The lowest BCUT2D eigenvalue weighted by atomic mass is 10.2. The molecule has 0 aliphatic rings. The molecule has 5 nitrogen and oxygen atoms in total. The van der Waals surface area contributed by atoms with E-state index in [4.69, 9.17) is 9.26 Å². The summed E-state index contributed by atoms with van der Waals surface area (Å²) in [4.78, 5) is 9.01. The van der Waals surface area contributed by atoms with Crippen LogP contribution in [0.3, 0.4) is 0 Å². The number of nitrogens with zero attached hydrogens (tertiary/aromatic N) is 3. The molecule has 0 radical (unpaired) electrons. The Morgan fingerprint density at radius 1 is 1.00 bits per heavy atom. The molecule has 0 saturated heterocycles. The van der Waals surface area contributed by atoms with Crippen molar-refractivity contribution in [1.29, 1.82) is 0 Å². The first-order chi connectivity index (χ1) is 13.2. The first-order valence-corrected chi connectivity index (χ1v) is 9.35. The van der Waals surface area contributed by atoms with E-state index < -0.39 is 0 Å². The van der Waals surface area contributed by atoms with Crippen LogP contribution in [0.2, 0.25) is 0 Å². The molecule has 4 rings (SSSR count). The van der Waals surface area contributed by atoms with Gasteiger partial charge in [-0.25, -0.2) is 9.37 Å². The van der Waals surface area contributed by atoms with Crippen LogP contribution in [0.4, 0.5) is 4.39 Å². The Kier molecular flexibility index (Phi) is 4.93. The van der Waals surface area contributed by atoms with Crippen LogP contribution < -0.4 is 4.74 Å². The Hall–Kier alpha value is -3.06. The molecule has 0 saturated carbocycles. The van der Waals surface area contributed by atoms with E-state index in [1.165, 1.54) is 23.5 Å². The molecule has 0 atom stereocenters. The van der Waals surface area contributed by atoms with Crippen LogP contribution in [-0.4, -0.2) is 21.7 Å². The van der Waals surface area contributed by atoms with Crippen LogP contribution in [0, 0.1) is 5.82 Å². The SMILES string of the molecule is CCOc1ccc(-c2noc(Cc3nc(-c4ccc(F)cc4)cs3)n2)cc1. The Labute approximate surface area is 159 Å². The Balaban J connectivity index is 1.47. The summed E-state index contributed by atoms with van der Waals surface area (Å²) >= 11 is 1.51. The van der Waals surface area contributed by atoms with Gasteiger partial charge in [-0.1, -0.05) is 5.16 Å². The van der Waals surface area contributed by atoms with E-state index in [-0.39, 0.29) is 5.82 Å². The van der Waals surface area contributed by atoms with Crippen LogP contribution in [-0.2, 0) is 6.42 Å². The second kappa shape index (κ2) is 7.67. The number of hydrogen-bond donors (Lipinski definition) is 0. The molecule has 136 valence electrons. The minimum absolute atomic E-state index is 0.262. The van der Waals surface area contributed by atoms with Crippen molar-refractivity contribution in [3.05, 3.63) is 70.6 Å². The van der Waals surface area contributed by atoms with E-state index in [2.05, 4.69) is 15.1 Å². The third-order valence-corrected chi connectivity index (χ3v) is 4.73. The minimum Gasteiger partial charge on any atom is -0.494 e. The molecule has 0 aliphatic carbocycles. The van der Waals surface area contributed by atoms with E-state index >= 15 is 0 Å². The van der Waals surface area contributed by atoms with E-state index in [0.29, 0.717) is 24.7 Å². The summed E-state index contributed by atoms with van der Waals surface area (Å²) in [6.07, 6.45) is 0.454. The summed E-state index contributed by atoms with van der Waals surface area (Å²) in [7, 11) is 0. The number of benzene rings is 2. The lowest BCUT2D eigenvalue weighted by Gasteiger charge is -2.02. The maximum Gasteiger partial charge on any atom is 0.233 e. The maximum atomic E-state index is 13.0. The zero-order valence-corrected chi connectivity index (χ0v) is 15.4. The molecular weight excluding hydrogens is 365 g/mol. The highest BCUT2D eigenvalue weighted by atomic mass is 32.1. The highest BCUT2D eigenvalue weighted by molar-refractivity contribution is 7.10. The van der Waals surface area contributed by atoms with Crippen LogP contribution in [0.5, 0.6) is 5.75 Å². The number of ether oxygens (including phenoxy) is 1. The molecule has 2 aromatic heterocycles. The van der Waals surface area contributed by atoms with Crippen molar-refractivity contribution in [2.45, 2.75) is 13.3 Å². The first kappa shape index (κ1) is 17.4. The summed E-state index contributed by atoms with van der Waals surface area (Å²) in [5, 5.41) is 6.84. The van der Waals surface area contributed by atoms with Gasteiger partial charge in [0.2, 0.25) is 11.7 Å². The predicted octanol–water partition coefficient (Wildman–Crippen LogP) is 4.99. The fraction of sp³-hybridized carbons (Fsp3) is 0.150. The van der Waals surface area contributed by atoms with Gasteiger partial charge in [-0.05, 0) is 55.5 Å². The standard InChI is InChI=1S/C20H16FN3O2S/c1-2-25-16-9-5-14(6-10-16)20-23-18(26-24-20)11-19-22-17(12-27-19)13-3-7-15(21)8-4-13/h3-10,12H,2,11H2,1H3. The van der Waals surface area contributed by atoms with Crippen LogP contribution in [0.25, 0.3) is 22.6 Å². The second-order valence-corrected chi connectivity index (χ2v) is 6.72. The van der Waals surface area contributed by atoms with Crippen molar-refractivity contribution in [2.24, 2.45) is 0 Å². The summed E-state index contributed by atoms with van der Waals surface area (Å²) in [5.41, 5.74) is 2.54. The highest BCUT2D eigenvalue weighted by Gasteiger charge is 2.12. The Bertz CT molecular complexity index is 1030. The average Bonchev–Trinajstić information content (AvgIpc) is 3.34. The highest BCUT2D eigenvalue weighted by Crippen LogP contribution is 2.25. The summed E-state index contributed by atoms with van der Waals surface area (Å²) in [6, 6.07) is 13.8. The zero-order chi connectivity index (χ0) is 18.6. The van der Waals surface area contributed by atoms with Gasteiger partial charge in [0.1, 0.15) is 16.6 Å². The van der Waals surface area contributed by atoms with Crippen LogP contribution in [0.15, 0.2) is 58.4 Å². The van der Waals surface area contributed by atoms with Crippen molar-refractivity contribution < 1.29 is 13.7 Å². The molecule has 0 fully saturated rings. The van der Waals surface area contributed by atoms with E-state index in [0.717, 1.165) is 27.6 Å². The van der Waals surface area contributed by atoms with Crippen molar-refractivity contribution in [3.63, 3.8) is 0 Å². The van der Waals surface area contributed by atoms with Crippen molar-refractivity contribution in [3.8, 4) is 28.4 Å². The van der Waals surface area contributed by atoms with Gasteiger partial charge in [0.15, 0.2) is 0 Å². The van der Waals surface area contributed by atoms with Gasteiger partial charge >= 0.3 is 0 Å². The lowest BCUT2D eigenvalue weighted by Crippen LogP contribution is -1.91. The van der Waals surface area contributed by atoms with Crippen LogP contribution >= 0.6 is 11.3 Å². The van der Waals surface area contributed by atoms with Crippen LogP contribution in [0.1, 0.15) is 17.8 Å². The monoisotopic (exact) mass is 381 g/mol. The van der Waals surface area contributed by atoms with Gasteiger partial charge in [-0.3, -0.25) is 0 Å². The predicted molar refractivity (Wildman–Crippen MR) is 101 cm³/mol. The normalized spacial score (nSPS) is 10.9. The Morgan fingerprint density at radius 3 is 2.48 bits per heavy atom. The molecule has 2 aromatic carbocycles. The second-order valence-electron chi connectivity index (χ2n) is 5.78. The average molecular weight is 381 g/mol. The molecular formula is C20H16FN3O2S. The molecule has 0 aliphatic heterocycles. The molecule has 27 heavy (non-hydrogen) atoms. The van der Waals surface area contributed by atoms with Gasteiger partial charge in [-0.15, -0.1) is 11.3 Å². The summed E-state index contributed by atoms with van der Waals surface area (Å²) in [6.45, 7) is 2.57. The fourth-order valence-electron chi connectivity index (χ4n) is 2.59. The van der Waals surface area contributed by atoms with E-state index in [1.807, 2.05) is 36.6 Å². The molecule has 0 amide bonds. The fourth-order valence-corrected chi connectivity index (χ4v) is 3.38. The number of aromatic nitrogens is 3.